The number of hydrogen-bond donors (Lipinski definition) is 1. The van der Waals surface area contributed by atoms with E-state index >= 15 is 0 Å². The fraction of sp³-hybridized carbons (Fsp3) is 0.296. The summed E-state index contributed by atoms with van der Waals surface area (Å²) in [7, 11) is -3.95. The maximum absolute atomic E-state index is 13.7. The molecule has 36 heavy (non-hydrogen) atoms. The average Bonchev–Trinajstić information content (AvgIpc) is 2.82. The maximum Gasteiger partial charge on any atom is 0.528 e. The summed E-state index contributed by atoms with van der Waals surface area (Å²) in [5, 5.41) is 11.2. The Morgan fingerprint density at radius 1 is 1.00 bits per heavy atom. The molecule has 0 bridgehead atoms. The summed E-state index contributed by atoms with van der Waals surface area (Å²) in [6.45, 7) is 6.23. The van der Waals surface area contributed by atoms with Crippen molar-refractivity contribution in [3.05, 3.63) is 89.5 Å². The number of aromatic hydroxyl groups is 1. The van der Waals surface area contributed by atoms with Crippen molar-refractivity contribution in [2.75, 3.05) is 10.8 Å². The van der Waals surface area contributed by atoms with Crippen LogP contribution in [-0.2, 0) is 39.1 Å². The first-order chi connectivity index (χ1) is 17.0. The Kier molecular flexibility index (Phi) is 7.23. The first kappa shape index (κ1) is 25.5. The van der Waals surface area contributed by atoms with Crippen molar-refractivity contribution in [3.8, 4) is 5.75 Å². The second-order valence-corrected chi connectivity index (χ2v) is 11.5. The number of phenols is 1. The van der Waals surface area contributed by atoms with Gasteiger partial charge in [0.1, 0.15) is 11.4 Å². The van der Waals surface area contributed by atoms with E-state index in [1.807, 2.05) is 42.5 Å². The van der Waals surface area contributed by atoms with Gasteiger partial charge in [-0.05, 0) is 80.3 Å². The zero-order valence-corrected chi connectivity index (χ0v) is 21.4. The Hall–Kier alpha value is -3.56. The fourth-order valence-corrected chi connectivity index (χ4v) is 5.38. The van der Waals surface area contributed by atoms with Gasteiger partial charge in [-0.1, -0.05) is 36.4 Å². The quantitative estimate of drug-likeness (QED) is 0.466. The van der Waals surface area contributed by atoms with E-state index in [9.17, 15) is 18.3 Å². The molecule has 1 aliphatic heterocycles. The van der Waals surface area contributed by atoms with E-state index in [1.165, 1.54) is 33.6 Å². The van der Waals surface area contributed by atoms with Crippen LogP contribution in [0.1, 0.15) is 37.5 Å². The molecule has 0 radical (unpaired) electrons. The Morgan fingerprint density at radius 2 is 1.69 bits per heavy atom. The van der Waals surface area contributed by atoms with Gasteiger partial charge in [-0.15, -0.1) is 5.06 Å². The van der Waals surface area contributed by atoms with E-state index in [2.05, 4.69) is 0 Å². The SMILES string of the molecule is CC(C)(C)OC(=O)ON1CCc2ccc(N(Cc3ccccc3)S(=O)(=O)c3ccc(O)cc3)cc2C1. The van der Waals surface area contributed by atoms with Gasteiger partial charge in [0.2, 0.25) is 0 Å². The zero-order valence-electron chi connectivity index (χ0n) is 20.5. The van der Waals surface area contributed by atoms with Crippen LogP contribution in [0.15, 0.2) is 77.7 Å². The van der Waals surface area contributed by atoms with E-state index in [0.717, 1.165) is 16.7 Å². The van der Waals surface area contributed by atoms with Gasteiger partial charge in [0.25, 0.3) is 10.0 Å². The summed E-state index contributed by atoms with van der Waals surface area (Å²) in [6, 6.07) is 20.3. The minimum atomic E-state index is -3.95. The molecule has 0 amide bonds. The number of rotatable bonds is 6. The number of anilines is 1. The molecule has 0 atom stereocenters. The number of benzene rings is 3. The third kappa shape index (κ3) is 6.16. The predicted molar refractivity (Wildman–Crippen MR) is 136 cm³/mol. The standard InChI is InChI=1S/C27H30N2O6S/c1-27(2,3)34-26(31)35-28-16-15-21-9-10-23(17-22(21)19-28)29(18-20-7-5-4-6-8-20)36(32,33)25-13-11-24(30)12-14-25/h4-14,17,30H,15-16,18-19H2,1-3H3. The van der Waals surface area contributed by atoms with Crippen molar-refractivity contribution in [2.24, 2.45) is 0 Å². The van der Waals surface area contributed by atoms with Crippen molar-refractivity contribution in [2.45, 2.75) is 50.8 Å². The second-order valence-electron chi connectivity index (χ2n) is 9.61. The molecule has 1 aliphatic rings. The maximum atomic E-state index is 13.7. The summed E-state index contributed by atoms with van der Waals surface area (Å²) in [5.74, 6) is -0.0116. The number of fused-ring (bicyclic) bond motifs is 1. The highest BCUT2D eigenvalue weighted by Gasteiger charge is 2.28. The highest BCUT2D eigenvalue weighted by molar-refractivity contribution is 7.92. The van der Waals surface area contributed by atoms with Crippen molar-refractivity contribution in [1.29, 1.82) is 0 Å². The van der Waals surface area contributed by atoms with Crippen LogP contribution in [0.3, 0.4) is 0 Å². The molecule has 0 unspecified atom stereocenters. The predicted octanol–water partition coefficient (Wildman–Crippen LogP) is 5.01. The normalized spacial score (nSPS) is 14.1. The molecule has 0 aliphatic carbocycles. The van der Waals surface area contributed by atoms with Gasteiger partial charge in [-0.25, -0.2) is 13.2 Å². The Bertz CT molecular complexity index is 1320. The molecule has 1 heterocycles. The number of carbonyl (C=O) groups excluding carboxylic acids is 1. The van der Waals surface area contributed by atoms with Crippen LogP contribution in [0.4, 0.5) is 10.5 Å². The second kappa shape index (κ2) is 10.2. The molecule has 0 aromatic heterocycles. The van der Waals surface area contributed by atoms with E-state index in [0.29, 0.717) is 25.2 Å². The van der Waals surface area contributed by atoms with E-state index in [4.69, 9.17) is 9.57 Å². The lowest BCUT2D eigenvalue weighted by atomic mass is 10.00. The van der Waals surface area contributed by atoms with Crippen LogP contribution < -0.4 is 4.31 Å². The Balaban J connectivity index is 1.64. The van der Waals surface area contributed by atoms with Gasteiger partial charge in [-0.3, -0.25) is 4.31 Å². The third-order valence-corrected chi connectivity index (χ3v) is 7.43. The fourth-order valence-electron chi connectivity index (χ4n) is 3.93. The molecule has 1 N–H and O–H groups in total. The molecular weight excluding hydrogens is 480 g/mol. The molecule has 0 spiro atoms. The average molecular weight is 511 g/mol. The lowest BCUT2D eigenvalue weighted by Crippen LogP contribution is -2.36. The summed E-state index contributed by atoms with van der Waals surface area (Å²) >= 11 is 0. The molecule has 8 nitrogen and oxygen atoms in total. The third-order valence-electron chi connectivity index (χ3n) is 5.64. The molecule has 9 heteroatoms. The summed E-state index contributed by atoms with van der Waals surface area (Å²) in [4.78, 5) is 17.6. The molecule has 0 saturated heterocycles. The molecule has 3 aromatic rings. The van der Waals surface area contributed by atoms with Crippen LogP contribution in [0.5, 0.6) is 5.75 Å². The highest BCUT2D eigenvalue weighted by atomic mass is 32.2. The first-order valence-electron chi connectivity index (χ1n) is 11.6. The number of phenolic OH excluding ortho intramolecular Hbond substituents is 1. The highest BCUT2D eigenvalue weighted by Crippen LogP contribution is 2.31. The van der Waals surface area contributed by atoms with Gasteiger partial charge in [-0.2, -0.15) is 0 Å². The van der Waals surface area contributed by atoms with Crippen LogP contribution >= 0.6 is 0 Å². The van der Waals surface area contributed by atoms with Crippen molar-refractivity contribution < 1.29 is 27.9 Å². The number of nitrogens with zero attached hydrogens (tertiary/aromatic N) is 2. The van der Waals surface area contributed by atoms with Gasteiger partial charge < -0.3 is 14.7 Å². The Morgan fingerprint density at radius 3 is 2.36 bits per heavy atom. The number of sulfonamides is 1. The molecule has 4 rings (SSSR count). The summed E-state index contributed by atoms with van der Waals surface area (Å²) in [5.41, 5.74) is 2.57. The van der Waals surface area contributed by atoms with Crippen molar-refractivity contribution in [1.82, 2.24) is 5.06 Å². The number of hydrogen-bond acceptors (Lipinski definition) is 7. The Labute approximate surface area is 211 Å². The molecule has 3 aromatic carbocycles. The van der Waals surface area contributed by atoms with Crippen molar-refractivity contribution >= 4 is 21.9 Å². The van der Waals surface area contributed by atoms with E-state index in [-0.39, 0.29) is 17.2 Å². The number of ether oxygens (including phenoxy) is 1. The van der Waals surface area contributed by atoms with Gasteiger partial charge in [0, 0.05) is 6.54 Å². The van der Waals surface area contributed by atoms with Gasteiger partial charge in [0.15, 0.2) is 0 Å². The zero-order chi connectivity index (χ0) is 25.9. The minimum absolute atomic E-state index is 0.0116. The monoisotopic (exact) mass is 510 g/mol. The molecule has 190 valence electrons. The van der Waals surface area contributed by atoms with Gasteiger partial charge >= 0.3 is 6.16 Å². The van der Waals surface area contributed by atoms with Crippen LogP contribution in [0, 0.1) is 0 Å². The van der Waals surface area contributed by atoms with Crippen molar-refractivity contribution in [3.63, 3.8) is 0 Å². The lowest BCUT2D eigenvalue weighted by Gasteiger charge is -2.30. The smallest absolute Gasteiger partial charge is 0.508 e. The minimum Gasteiger partial charge on any atom is -0.508 e. The van der Waals surface area contributed by atoms with Crippen LogP contribution in [0.25, 0.3) is 0 Å². The first-order valence-corrected chi connectivity index (χ1v) is 13.1. The van der Waals surface area contributed by atoms with E-state index in [1.54, 1.807) is 26.8 Å². The molecular formula is C27H30N2O6S. The lowest BCUT2D eigenvalue weighted by molar-refractivity contribution is -0.151. The van der Waals surface area contributed by atoms with E-state index < -0.39 is 21.8 Å². The van der Waals surface area contributed by atoms with Crippen LogP contribution in [0.2, 0.25) is 0 Å². The van der Waals surface area contributed by atoms with Gasteiger partial charge in [0.05, 0.1) is 23.7 Å². The summed E-state index contributed by atoms with van der Waals surface area (Å²) < 4.78 is 34.0. The molecule has 0 fully saturated rings. The number of carbonyl (C=O) groups is 1. The topological polar surface area (TPSA) is 96.4 Å². The summed E-state index contributed by atoms with van der Waals surface area (Å²) in [6.07, 6.45) is -0.135. The molecule has 0 saturated carbocycles. The largest absolute Gasteiger partial charge is 0.528 e. The van der Waals surface area contributed by atoms with Crippen LogP contribution in [-0.4, -0.2) is 36.9 Å². The number of hydroxylamine groups is 2.